The molecule has 0 spiro atoms. The average Bonchev–Trinajstić information content (AvgIpc) is 2.55. The smallest absolute Gasteiger partial charge is 0.0606 e. The molecule has 0 bridgehead atoms. The zero-order valence-corrected chi connectivity index (χ0v) is 12.6. The molecule has 0 unspecified atom stereocenters. The van der Waals surface area contributed by atoms with Crippen LogP contribution in [0.2, 0.25) is 0 Å². The number of hydrogen-bond acceptors (Lipinski definition) is 3. The highest BCUT2D eigenvalue weighted by atomic mass is 16.3. The summed E-state index contributed by atoms with van der Waals surface area (Å²) in [5.41, 5.74) is 9.72. The number of anilines is 1. The number of aliphatic hydroxyl groups excluding tert-OH is 1. The van der Waals surface area contributed by atoms with Gasteiger partial charge in [0.05, 0.1) is 6.61 Å². The average molecular weight is 284 g/mol. The fraction of sp³-hybridized carbons (Fsp3) is 0.333. The molecular formula is C18H24N2O. The first-order valence-corrected chi connectivity index (χ1v) is 7.50. The standard InChI is InChI=1S/C18H24N2O/c1-2-17(19)16-10-6-7-11-18(16)20(12-13-21)14-15-8-4-3-5-9-15/h3-11,17,21H,2,12-14,19H2,1H3/t17-/m1/s1. The first-order chi connectivity index (χ1) is 10.3. The first-order valence-electron chi connectivity index (χ1n) is 7.50. The minimum atomic E-state index is 0.0261. The summed E-state index contributed by atoms with van der Waals surface area (Å²) in [6, 6.07) is 18.5. The van der Waals surface area contributed by atoms with Crippen molar-refractivity contribution in [3.8, 4) is 0 Å². The highest BCUT2D eigenvalue weighted by Crippen LogP contribution is 2.27. The quantitative estimate of drug-likeness (QED) is 0.821. The summed E-state index contributed by atoms with van der Waals surface area (Å²) in [4.78, 5) is 2.19. The van der Waals surface area contributed by atoms with Crippen molar-refractivity contribution in [3.63, 3.8) is 0 Å². The maximum Gasteiger partial charge on any atom is 0.0606 e. The van der Waals surface area contributed by atoms with Gasteiger partial charge >= 0.3 is 0 Å². The molecule has 3 N–H and O–H groups in total. The Morgan fingerprint density at radius 1 is 1.05 bits per heavy atom. The minimum absolute atomic E-state index is 0.0261. The van der Waals surface area contributed by atoms with E-state index in [-0.39, 0.29) is 12.6 Å². The topological polar surface area (TPSA) is 49.5 Å². The molecular weight excluding hydrogens is 260 g/mol. The van der Waals surface area contributed by atoms with E-state index in [1.807, 2.05) is 30.3 Å². The molecule has 0 aromatic heterocycles. The van der Waals surface area contributed by atoms with Gasteiger partial charge in [0.1, 0.15) is 0 Å². The van der Waals surface area contributed by atoms with Crippen molar-refractivity contribution in [3.05, 3.63) is 65.7 Å². The summed E-state index contributed by atoms with van der Waals surface area (Å²) in [6.07, 6.45) is 0.898. The third-order valence-electron chi connectivity index (χ3n) is 3.70. The number of nitrogens with zero attached hydrogens (tertiary/aromatic N) is 1. The number of benzene rings is 2. The summed E-state index contributed by atoms with van der Waals surface area (Å²) in [7, 11) is 0. The Balaban J connectivity index is 2.30. The van der Waals surface area contributed by atoms with E-state index in [1.165, 1.54) is 5.56 Å². The van der Waals surface area contributed by atoms with Crippen molar-refractivity contribution in [2.45, 2.75) is 25.9 Å². The largest absolute Gasteiger partial charge is 0.395 e. The van der Waals surface area contributed by atoms with E-state index in [2.05, 4.69) is 36.1 Å². The molecule has 0 aliphatic carbocycles. The van der Waals surface area contributed by atoms with Crippen LogP contribution in [0.4, 0.5) is 5.69 Å². The van der Waals surface area contributed by atoms with Crippen molar-refractivity contribution in [2.75, 3.05) is 18.1 Å². The molecule has 0 aliphatic rings. The van der Waals surface area contributed by atoms with Gasteiger partial charge in [0.2, 0.25) is 0 Å². The summed E-state index contributed by atoms with van der Waals surface area (Å²) < 4.78 is 0. The number of nitrogens with two attached hydrogens (primary N) is 1. The lowest BCUT2D eigenvalue weighted by Gasteiger charge is -2.28. The van der Waals surface area contributed by atoms with Gasteiger partial charge in [0, 0.05) is 24.8 Å². The van der Waals surface area contributed by atoms with Gasteiger partial charge in [-0.15, -0.1) is 0 Å². The van der Waals surface area contributed by atoms with Crippen LogP contribution in [-0.4, -0.2) is 18.3 Å². The molecule has 0 heterocycles. The van der Waals surface area contributed by atoms with Crippen molar-refractivity contribution < 1.29 is 5.11 Å². The van der Waals surface area contributed by atoms with Crippen LogP contribution in [0.15, 0.2) is 54.6 Å². The molecule has 0 amide bonds. The number of rotatable bonds is 7. The molecule has 3 heteroatoms. The van der Waals surface area contributed by atoms with E-state index < -0.39 is 0 Å². The summed E-state index contributed by atoms with van der Waals surface area (Å²) in [5, 5.41) is 9.39. The Morgan fingerprint density at radius 3 is 2.38 bits per heavy atom. The van der Waals surface area contributed by atoms with Gasteiger partial charge in [0.25, 0.3) is 0 Å². The van der Waals surface area contributed by atoms with E-state index in [1.54, 1.807) is 0 Å². The molecule has 21 heavy (non-hydrogen) atoms. The second-order valence-corrected chi connectivity index (χ2v) is 5.20. The maximum absolute atomic E-state index is 9.39. The maximum atomic E-state index is 9.39. The van der Waals surface area contributed by atoms with E-state index in [0.717, 1.165) is 24.2 Å². The molecule has 0 radical (unpaired) electrons. The van der Waals surface area contributed by atoms with Gasteiger partial charge in [0.15, 0.2) is 0 Å². The van der Waals surface area contributed by atoms with Gasteiger partial charge in [-0.1, -0.05) is 55.5 Å². The first kappa shape index (κ1) is 15.5. The third-order valence-corrected chi connectivity index (χ3v) is 3.70. The molecule has 0 saturated carbocycles. The van der Waals surface area contributed by atoms with Gasteiger partial charge in [-0.3, -0.25) is 0 Å². The molecule has 112 valence electrons. The summed E-state index contributed by atoms with van der Waals surface area (Å²) >= 11 is 0. The lowest BCUT2D eigenvalue weighted by Crippen LogP contribution is -2.28. The Morgan fingerprint density at radius 2 is 1.71 bits per heavy atom. The molecule has 1 atom stereocenters. The van der Waals surface area contributed by atoms with E-state index in [9.17, 15) is 5.11 Å². The monoisotopic (exact) mass is 284 g/mol. The third kappa shape index (κ3) is 4.06. The Bertz CT molecular complexity index is 542. The van der Waals surface area contributed by atoms with Crippen LogP contribution >= 0.6 is 0 Å². The van der Waals surface area contributed by atoms with Crippen LogP contribution in [0.1, 0.15) is 30.5 Å². The number of hydrogen-bond donors (Lipinski definition) is 2. The normalized spacial score (nSPS) is 12.1. The molecule has 0 saturated heterocycles. The van der Waals surface area contributed by atoms with Crippen LogP contribution in [0.5, 0.6) is 0 Å². The highest BCUT2D eigenvalue weighted by molar-refractivity contribution is 5.55. The van der Waals surface area contributed by atoms with Crippen LogP contribution in [0, 0.1) is 0 Å². The van der Waals surface area contributed by atoms with Gasteiger partial charge < -0.3 is 15.7 Å². The Hall–Kier alpha value is -1.84. The van der Waals surface area contributed by atoms with E-state index >= 15 is 0 Å². The molecule has 2 aromatic carbocycles. The van der Waals surface area contributed by atoms with Crippen molar-refractivity contribution in [1.29, 1.82) is 0 Å². The number of para-hydroxylation sites is 1. The molecule has 0 aliphatic heterocycles. The Labute approximate surface area is 127 Å². The summed E-state index contributed by atoms with van der Waals surface area (Å²) in [5.74, 6) is 0. The SMILES string of the molecule is CC[C@@H](N)c1ccccc1N(CCO)Cc1ccccc1. The second-order valence-electron chi connectivity index (χ2n) is 5.20. The zero-order chi connectivity index (χ0) is 15.1. The fourth-order valence-corrected chi connectivity index (χ4v) is 2.52. The lowest BCUT2D eigenvalue weighted by molar-refractivity contribution is 0.301. The van der Waals surface area contributed by atoms with Crippen molar-refractivity contribution in [1.82, 2.24) is 0 Å². The van der Waals surface area contributed by atoms with Crippen molar-refractivity contribution in [2.24, 2.45) is 5.73 Å². The van der Waals surface area contributed by atoms with Gasteiger partial charge in [-0.25, -0.2) is 0 Å². The minimum Gasteiger partial charge on any atom is -0.395 e. The summed E-state index contributed by atoms with van der Waals surface area (Å²) in [6.45, 7) is 3.59. The second kappa shape index (κ2) is 7.81. The van der Waals surface area contributed by atoms with E-state index in [4.69, 9.17) is 5.73 Å². The Kier molecular flexibility index (Phi) is 5.78. The van der Waals surface area contributed by atoms with Crippen molar-refractivity contribution >= 4 is 5.69 Å². The van der Waals surface area contributed by atoms with Gasteiger partial charge in [-0.2, -0.15) is 0 Å². The van der Waals surface area contributed by atoms with Crippen LogP contribution < -0.4 is 10.6 Å². The molecule has 2 rings (SSSR count). The highest BCUT2D eigenvalue weighted by Gasteiger charge is 2.14. The predicted molar refractivity (Wildman–Crippen MR) is 88.2 cm³/mol. The molecule has 2 aromatic rings. The molecule has 3 nitrogen and oxygen atoms in total. The lowest BCUT2D eigenvalue weighted by atomic mass is 10.0. The van der Waals surface area contributed by atoms with Crippen LogP contribution in [0.3, 0.4) is 0 Å². The zero-order valence-electron chi connectivity index (χ0n) is 12.6. The van der Waals surface area contributed by atoms with Crippen LogP contribution in [-0.2, 0) is 6.54 Å². The van der Waals surface area contributed by atoms with Gasteiger partial charge in [-0.05, 0) is 23.6 Å². The fourth-order valence-electron chi connectivity index (χ4n) is 2.52. The molecule has 0 fully saturated rings. The predicted octanol–water partition coefficient (Wildman–Crippen LogP) is 3.10. The van der Waals surface area contributed by atoms with E-state index in [0.29, 0.717) is 6.54 Å². The number of aliphatic hydroxyl groups is 1. The van der Waals surface area contributed by atoms with Crippen LogP contribution in [0.25, 0.3) is 0 Å².